The van der Waals surface area contributed by atoms with Gasteiger partial charge in [0, 0.05) is 0 Å². The lowest BCUT2D eigenvalue weighted by Gasteiger charge is -2.29. The average molecular weight is 419 g/mol. The molecule has 5 heteroatoms. The van der Waals surface area contributed by atoms with Crippen molar-refractivity contribution in [1.29, 1.82) is 0 Å². The molecule has 4 rings (SSSR count). The zero-order valence-corrected chi connectivity index (χ0v) is 18.4. The third-order valence-electron chi connectivity index (χ3n) is 6.48. The molecule has 162 valence electrons. The van der Waals surface area contributed by atoms with Crippen LogP contribution in [0.15, 0.2) is 54.6 Å². The van der Waals surface area contributed by atoms with Crippen LogP contribution in [0, 0.1) is 17.8 Å². The molecule has 0 radical (unpaired) electrons. The van der Waals surface area contributed by atoms with Crippen LogP contribution < -0.4 is 5.32 Å². The Morgan fingerprint density at radius 2 is 1.58 bits per heavy atom. The molecule has 3 amide bonds. The van der Waals surface area contributed by atoms with Gasteiger partial charge in [0.2, 0.25) is 17.7 Å². The first-order valence-corrected chi connectivity index (χ1v) is 11.2. The molecule has 0 aromatic heterocycles. The molecule has 1 aliphatic heterocycles. The molecule has 0 bridgehead atoms. The summed E-state index contributed by atoms with van der Waals surface area (Å²) in [5.74, 6) is -1.12. The van der Waals surface area contributed by atoms with E-state index in [9.17, 15) is 14.4 Å². The van der Waals surface area contributed by atoms with E-state index in [2.05, 4.69) is 17.4 Å². The molecule has 0 spiro atoms. The van der Waals surface area contributed by atoms with Gasteiger partial charge < -0.3 is 5.32 Å². The summed E-state index contributed by atoms with van der Waals surface area (Å²) in [5.41, 5.74) is 0.993. The maximum absolute atomic E-state index is 13.3. The van der Waals surface area contributed by atoms with E-state index in [0.29, 0.717) is 19.3 Å². The minimum Gasteiger partial charge on any atom is -0.348 e. The molecule has 2 aromatic rings. The normalized spacial score (nSPS) is 22.6. The summed E-state index contributed by atoms with van der Waals surface area (Å²) in [4.78, 5) is 40.7. The Hall–Kier alpha value is -2.95. The van der Waals surface area contributed by atoms with Crippen LogP contribution in [0.3, 0.4) is 0 Å². The molecule has 4 unspecified atom stereocenters. The van der Waals surface area contributed by atoms with Crippen LogP contribution in [0.2, 0.25) is 0 Å². The molecule has 1 N–H and O–H groups in total. The van der Waals surface area contributed by atoms with Crippen molar-refractivity contribution in [2.45, 2.75) is 52.1 Å². The Morgan fingerprint density at radius 3 is 2.19 bits per heavy atom. The summed E-state index contributed by atoms with van der Waals surface area (Å²) < 4.78 is 0. The van der Waals surface area contributed by atoms with E-state index in [4.69, 9.17) is 0 Å². The van der Waals surface area contributed by atoms with Gasteiger partial charge in [-0.25, -0.2) is 0 Å². The number of benzene rings is 2. The van der Waals surface area contributed by atoms with Gasteiger partial charge in [0.15, 0.2) is 0 Å². The summed E-state index contributed by atoms with van der Waals surface area (Å²) >= 11 is 0. The van der Waals surface area contributed by atoms with E-state index in [1.807, 2.05) is 63.3 Å². The van der Waals surface area contributed by atoms with Crippen molar-refractivity contribution in [1.82, 2.24) is 10.2 Å². The van der Waals surface area contributed by atoms with E-state index in [0.717, 1.165) is 16.3 Å². The molecule has 4 atom stereocenters. The van der Waals surface area contributed by atoms with Gasteiger partial charge >= 0.3 is 0 Å². The van der Waals surface area contributed by atoms with Gasteiger partial charge in [-0.15, -0.1) is 0 Å². The van der Waals surface area contributed by atoms with Crippen LogP contribution in [0.5, 0.6) is 0 Å². The quantitative estimate of drug-likeness (QED) is 0.559. The highest BCUT2D eigenvalue weighted by Gasteiger charge is 2.51. The summed E-state index contributed by atoms with van der Waals surface area (Å²) in [6, 6.07) is 13.2. The second-order valence-corrected chi connectivity index (χ2v) is 9.18. The highest BCUT2D eigenvalue weighted by Crippen LogP contribution is 2.37. The Kier molecular flexibility index (Phi) is 5.94. The largest absolute Gasteiger partial charge is 0.348 e. The number of carbonyl (C=O) groups excluding carboxylic acids is 3. The standard InChI is InChI=1S/C26H30N2O3/c1-16(2)14-23(28-25(30)21-10-6-7-11-22(21)26(28)31)24(29)27-17(3)19-13-12-18-8-4-5-9-20(18)15-19/h4-9,12-13,15-17,21-23H,10-11,14H2,1-3H3,(H,27,29). The molecular formula is C26H30N2O3. The topological polar surface area (TPSA) is 66.5 Å². The van der Waals surface area contributed by atoms with Gasteiger partial charge in [0.25, 0.3) is 0 Å². The summed E-state index contributed by atoms with van der Waals surface area (Å²) in [6.07, 6.45) is 5.55. The van der Waals surface area contributed by atoms with E-state index < -0.39 is 6.04 Å². The molecule has 1 heterocycles. The molecule has 1 fully saturated rings. The number of hydrogen-bond donors (Lipinski definition) is 1. The summed E-state index contributed by atoms with van der Waals surface area (Å²) in [7, 11) is 0. The van der Waals surface area contributed by atoms with E-state index in [-0.39, 0.29) is 41.5 Å². The highest BCUT2D eigenvalue weighted by molar-refractivity contribution is 6.08. The van der Waals surface area contributed by atoms with Crippen molar-refractivity contribution in [2.24, 2.45) is 17.8 Å². The number of imide groups is 1. The number of likely N-dealkylation sites (tertiary alicyclic amines) is 1. The van der Waals surface area contributed by atoms with Crippen molar-refractivity contribution in [3.05, 3.63) is 60.2 Å². The average Bonchev–Trinajstić information content (AvgIpc) is 3.02. The lowest BCUT2D eigenvalue weighted by atomic mass is 9.85. The second-order valence-electron chi connectivity index (χ2n) is 9.18. The van der Waals surface area contributed by atoms with E-state index in [1.54, 1.807) is 0 Å². The third kappa shape index (κ3) is 4.14. The second kappa shape index (κ2) is 8.66. The number of hydrogen-bond acceptors (Lipinski definition) is 3. The van der Waals surface area contributed by atoms with Crippen LogP contribution in [0.1, 0.15) is 51.6 Å². The number of rotatable bonds is 6. The van der Waals surface area contributed by atoms with Crippen LogP contribution in [0.25, 0.3) is 10.8 Å². The molecular weight excluding hydrogens is 388 g/mol. The lowest BCUT2D eigenvalue weighted by Crippen LogP contribution is -2.51. The maximum Gasteiger partial charge on any atom is 0.243 e. The summed E-state index contributed by atoms with van der Waals surface area (Å²) in [5, 5.41) is 5.32. The van der Waals surface area contributed by atoms with Crippen molar-refractivity contribution < 1.29 is 14.4 Å². The van der Waals surface area contributed by atoms with Gasteiger partial charge in [0.1, 0.15) is 6.04 Å². The van der Waals surface area contributed by atoms with Gasteiger partial charge in [-0.3, -0.25) is 19.3 Å². The molecule has 1 aliphatic carbocycles. The van der Waals surface area contributed by atoms with Crippen molar-refractivity contribution in [2.75, 3.05) is 0 Å². The van der Waals surface area contributed by atoms with Crippen molar-refractivity contribution in [3.63, 3.8) is 0 Å². The SMILES string of the molecule is CC(C)CC(C(=O)NC(C)c1ccc2ccccc2c1)N1C(=O)C2CC=CCC2C1=O. The lowest BCUT2D eigenvalue weighted by molar-refractivity contribution is -0.148. The Balaban J connectivity index is 1.55. The van der Waals surface area contributed by atoms with Gasteiger partial charge in [-0.1, -0.05) is 62.4 Å². The van der Waals surface area contributed by atoms with Crippen molar-refractivity contribution in [3.8, 4) is 0 Å². The molecule has 5 nitrogen and oxygen atoms in total. The fourth-order valence-corrected chi connectivity index (χ4v) is 4.78. The minimum absolute atomic E-state index is 0.174. The third-order valence-corrected chi connectivity index (χ3v) is 6.48. The zero-order chi connectivity index (χ0) is 22.1. The number of allylic oxidation sites excluding steroid dienone is 2. The fourth-order valence-electron chi connectivity index (χ4n) is 4.78. The van der Waals surface area contributed by atoms with Gasteiger partial charge in [0.05, 0.1) is 17.9 Å². The predicted octanol–water partition coefficient (Wildman–Crippen LogP) is 4.38. The fraction of sp³-hybridized carbons (Fsp3) is 0.423. The monoisotopic (exact) mass is 418 g/mol. The smallest absolute Gasteiger partial charge is 0.243 e. The Morgan fingerprint density at radius 1 is 0.968 bits per heavy atom. The number of amides is 3. The Bertz CT molecular complexity index is 1020. The van der Waals surface area contributed by atoms with Crippen LogP contribution in [-0.4, -0.2) is 28.7 Å². The molecule has 2 aromatic carbocycles. The van der Waals surface area contributed by atoms with Gasteiger partial charge in [-0.05, 0) is 54.5 Å². The molecule has 1 saturated heterocycles. The molecule has 2 aliphatic rings. The number of nitrogens with zero attached hydrogens (tertiary/aromatic N) is 1. The van der Waals surface area contributed by atoms with Crippen LogP contribution in [0.4, 0.5) is 0 Å². The number of carbonyl (C=O) groups is 3. The maximum atomic E-state index is 13.3. The van der Waals surface area contributed by atoms with E-state index >= 15 is 0 Å². The predicted molar refractivity (Wildman–Crippen MR) is 121 cm³/mol. The zero-order valence-electron chi connectivity index (χ0n) is 18.4. The van der Waals surface area contributed by atoms with E-state index in [1.165, 1.54) is 4.90 Å². The molecule has 0 saturated carbocycles. The minimum atomic E-state index is -0.770. The summed E-state index contributed by atoms with van der Waals surface area (Å²) in [6.45, 7) is 5.95. The first kappa shape index (κ1) is 21.3. The number of nitrogens with one attached hydrogen (secondary N) is 1. The highest BCUT2D eigenvalue weighted by atomic mass is 16.2. The number of fused-ring (bicyclic) bond motifs is 2. The first-order chi connectivity index (χ1) is 14.9. The van der Waals surface area contributed by atoms with Gasteiger partial charge in [-0.2, -0.15) is 0 Å². The van der Waals surface area contributed by atoms with Crippen LogP contribution >= 0.6 is 0 Å². The first-order valence-electron chi connectivity index (χ1n) is 11.2. The molecule has 31 heavy (non-hydrogen) atoms. The Labute approximate surface area is 183 Å². The van der Waals surface area contributed by atoms with Crippen LogP contribution in [-0.2, 0) is 14.4 Å². The van der Waals surface area contributed by atoms with Crippen molar-refractivity contribution >= 4 is 28.5 Å².